The summed E-state index contributed by atoms with van der Waals surface area (Å²) in [5.41, 5.74) is -2.21. The third kappa shape index (κ3) is 3.64. The van der Waals surface area contributed by atoms with Gasteiger partial charge in [0.1, 0.15) is 5.69 Å². The fraction of sp³-hybridized carbons (Fsp3) is 0.133. The lowest BCUT2D eigenvalue weighted by atomic mass is 10.1. The Morgan fingerprint density at radius 2 is 1.50 bits per heavy atom. The average molecular weight is 394 g/mol. The molecule has 0 aliphatic carbocycles. The summed E-state index contributed by atoms with van der Waals surface area (Å²) in [6.45, 7) is 0. The summed E-state index contributed by atoms with van der Waals surface area (Å²) in [6, 6.07) is 4.78. The van der Waals surface area contributed by atoms with E-state index in [9.17, 15) is 26.3 Å². The zero-order valence-electron chi connectivity index (χ0n) is 12.4. The van der Waals surface area contributed by atoms with E-state index in [0.717, 1.165) is 18.2 Å². The van der Waals surface area contributed by atoms with Gasteiger partial charge in [-0.25, -0.2) is 4.98 Å². The van der Waals surface area contributed by atoms with Crippen LogP contribution in [-0.4, -0.2) is 15.2 Å². The Morgan fingerprint density at radius 1 is 0.846 bits per heavy atom. The van der Waals surface area contributed by atoms with E-state index in [2.05, 4.69) is 15.2 Å². The van der Waals surface area contributed by atoms with Crippen LogP contribution in [0.25, 0.3) is 23.0 Å². The Balaban J connectivity index is 1.96. The minimum atomic E-state index is -4.63. The zero-order chi connectivity index (χ0) is 19.1. The van der Waals surface area contributed by atoms with Crippen molar-refractivity contribution in [2.45, 2.75) is 12.4 Å². The number of hydrogen-bond donors (Lipinski definition) is 0. The predicted molar refractivity (Wildman–Crippen MR) is 78.0 cm³/mol. The summed E-state index contributed by atoms with van der Waals surface area (Å²) < 4.78 is 81.3. The number of nitrogens with zero attached hydrogens (tertiary/aromatic N) is 3. The number of pyridine rings is 1. The molecule has 2 aromatic heterocycles. The number of hydrogen-bond acceptors (Lipinski definition) is 4. The van der Waals surface area contributed by atoms with Gasteiger partial charge < -0.3 is 4.42 Å². The molecule has 4 nitrogen and oxygen atoms in total. The van der Waals surface area contributed by atoms with E-state index in [1.165, 1.54) is 6.07 Å². The fourth-order valence-corrected chi connectivity index (χ4v) is 2.26. The highest BCUT2D eigenvalue weighted by molar-refractivity contribution is 6.32. The standard InChI is InChI=1S/C15H6ClF6N3O/c16-10-5-9(15(20,21)22)6-23-11(10)13-25-24-12(26-13)7-2-1-3-8(4-7)14(17,18)19/h1-6H. The van der Waals surface area contributed by atoms with Gasteiger partial charge in [0.15, 0.2) is 0 Å². The van der Waals surface area contributed by atoms with Crippen molar-refractivity contribution in [3.8, 4) is 23.0 Å². The highest BCUT2D eigenvalue weighted by Crippen LogP contribution is 2.35. The first-order chi connectivity index (χ1) is 12.1. The molecule has 0 fully saturated rings. The molecule has 136 valence electrons. The highest BCUT2D eigenvalue weighted by atomic mass is 35.5. The average Bonchev–Trinajstić information content (AvgIpc) is 3.03. The summed E-state index contributed by atoms with van der Waals surface area (Å²) in [5.74, 6) is -0.583. The van der Waals surface area contributed by atoms with Crippen molar-refractivity contribution in [3.05, 3.63) is 52.7 Å². The molecule has 0 spiro atoms. The van der Waals surface area contributed by atoms with Gasteiger partial charge in [0.2, 0.25) is 5.89 Å². The van der Waals surface area contributed by atoms with Crippen molar-refractivity contribution < 1.29 is 30.8 Å². The lowest BCUT2D eigenvalue weighted by molar-refractivity contribution is -0.138. The highest BCUT2D eigenvalue weighted by Gasteiger charge is 2.33. The van der Waals surface area contributed by atoms with Gasteiger partial charge in [-0.2, -0.15) is 26.3 Å². The van der Waals surface area contributed by atoms with Gasteiger partial charge in [-0.15, -0.1) is 10.2 Å². The molecular formula is C15H6ClF6N3O. The van der Waals surface area contributed by atoms with Crippen LogP contribution in [0.15, 0.2) is 40.9 Å². The molecule has 0 bridgehead atoms. The largest absolute Gasteiger partial charge is 0.417 e. The van der Waals surface area contributed by atoms with E-state index in [0.29, 0.717) is 12.3 Å². The number of halogens is 7. The van der Waals surface area contributed by atoms with Crippen LogP contribution in [0.4, 0.5) is 26.3 Å². The third-order valence-electron chi connectivity index (χ3n) is 3.23. The molecule has 0 aliphatic rings. The lowest BCUT2D eigenvalue weighted by Gasteiger charge is -2.07. The van der Waals surface area contributed by atoms with Gasteiger partial charge >= 0.3 is 12.4 Å². The fourth-order valence-electron chi connectivity index (χ4n) is 2.01. The Morgan fingerprint density at radius 3 is 2.12 bits per heavy atom. The number of benzene rings is 1. The van der Waals surface area contributed by atoms with Gasteiger partial charge in [-0.3, -0.25) is 0 Å². The quantitative estimate of drug-likeness (QED) is 0.540. The minimum absolute atomic E-state index is 0.0124. The van der Waals surface area contributed by atoms with Crippen molar-refractivity contribution in [1.29, 1.82) is 0 Å². The molecule has 0 amide bonds. The monoisotopic (exact) mass is 393 g/mol. The van der Waals surface area contributed by atoms with Gasteiger partial charge in [-0.05, 0) is 24.3 Å². The molecule has 26 heavy (non-hydrogen) atoms. The van der Waals surface area contributed by atoms with E-state index in [-0.39, 0.29) is 28.1 Å². The van der Waals surface area contributed by atoms with Crippen molar-refractivity contribution >= 4 is 11.6 Å². The molecule has 1 aromatic carbocycles. The topological polar surface area (TPSA) is 51.8 Å². The predicted octanol–water partition coefficient (Wildman–Crippen LogP) is 5.49. The smallest absolute Gasteiger partial charge is 0.415 e. The molecule has 0 N–H and O–H groups in total. The van der Waals surface area contributed by atoms with Crippen LogP contribution in [-0.2, 0) is 12.4 Å². The second kappa shape index (κ2) is 6.27. The molecule has 0 unspecified atom stereocenters. The second-order valence-electron chi connectivity index (χ2n) is 5.04. The van der Waals surface area contributed by atoms with Crippen LogP contribution in [0, 0.1) is 0 Å². The Bertz CT molecular complexity index is 951. The maximum Gasteiger partial charge on any atom is 0.417 e. The van der Waals surface area contributed by atoms with E-state index >= 15 is 0 Å². The first-order valence-electron chi connectivity index (χ1n) is 6.80. The summed E-state index contributed by atoms with van der Waals surface area (Å²) in [7, 11) is 0. The van der Waals surface area contributed by atoms with Crippen LogP contribution < -0.4 is 0 Å². The van der Waals surface area contributed by atoms with Crippen molar-refractivity contribution in [2.75, 3.05) is 0 Å². The van der Waals surface area contributed by atoms with Crippen LogP contribution in [0.2, 0.25) is 5.02 Å². The molecule has 0 atom stereocenters. The van der Waals surface area contributed by atoms with Crippen LogP contribution >= 0.6 is 11.6 Å². The van der Waals surface area contributed by atoms with Gasteiger partial charge in [0.25, 0.3) is 5.89 Å². The molecule has 2 heterocycles. The van der Waals surface area contributed by atoms with Crippen LogP contribution in [0.3, 0.4) is 0 Å². The third-order valence-corrected chi connectivity index (χ3v) is 3.52. The molecular weight excluding hydrogens is 388 g/mol. The Kier molecular flexibility index (Phi) is 4.39. The van der Waals surface area contributed by atoms with E-state index in [1.807, 2.05) is 0 Å². The summed E-state index contributed by atoms with van der Waals surface area (Å²) >= 11 is 5.77. The maximum atomic E-state index is 12.8. The molecule has 0 saturated carbocycles. The van der Waals surface area contributed by atoms with Gasteiger partial charge in [-0.1, -0.05) is 17.7 Å². The van der Waals surface area contributed by atoms with E-state index in [1.54, 1.807) is 0 Å². The number of aromatic nitrogens is 3. The molecule has 3 rings (SSSR count). The number of alkyl halides is 6. The summed E-state index contributed by atoms with van der Waals surface area (Å²) in [4.78, 5) is 3.55. The van der Waals surface area contributed by atoms with Gasteiger partial charge in [0.05, 0.1) is 16.1 Å². The van der Waals surface area contributed by atoms with Crippen molar-refractivity contribution in [3.63, 3.8) is 0 Å². The van der Waals surface area contributed by atoms with E-state index < -0.39 is 23.5 Å². The molecule has 0 aliphatic heterocycles. The molecule has 0 radical (unpaired) electrons. The molecule has 11 heteroatoms. The maximum absolute atomic E-state index is 12.8. The minimum Gasteiger partial charge on any atom is -0.415 e. The number of rotatable bonds is 2. The summed E-state index contributed by atoms with van der Waals surface area (Å²) in [5, 5.41) is 6.78. The normalized spacial score (nSPS) is 12.4. The lowest BCUT2D eigenvalue weighted by Crippen LogP contribution is -2.05. The van der Waals surface area contributed by atoms with Crippen LogP contribution in [0.5, 0.6) is 0 Å². The first-order valence-corrected chi connectivity index (χ1v) is 7.18. The van der Waals surface area contributed by atoms with E-state index in [4.69, 9.17) is 16.0 Å². The van der Waals surface area contributed by atoms with Crippen LogP contribution in [0.1, 0.15) is 11.1 Å². The van der Waals surface area contributed by atoms with Crippen molar-refractivity contribution in [1.82, 2.24) is 15.2 Å². The Labute approximate surface area is 146 Å². The zero-order valence-corrected chi connectivity index (χ0v) is 13.1. The molecule has 0 saturated heterocycles. The van der Waals surface area contributed by atoms with Crippen molar-refractivity contribution in [2.24, 2.45) is 0 Å². The molecule has 3 aromatic rings. The Hall–Kier alpha value is -2.62. The summed E-state index contributed by atoms with van der Waals surface area (Å²) in [6.07, 6.45) is -8.65. The first kappa shape index (κ1) is 18.2. The second-order valence-corrected chi connectivity index (χ2v) is 5.45. The van der Waals surface area contributed by atoms with Gasteiger partial charge in [0, 0.05) is 11.8 Å². The SMILES string of the molecule is FC(F)(F)c1cccc(-c2nnc(-c3ncc(C(F)(F)F)cc3Cl)o2)c1.